The van der Waals surface area contributed by atoms with E-state index in [1.165, 1.54) is 0 Å². The number of halogens is 2. The van der Waals surface area contributed by atoms with Gasteiger partial charge in [0.2, 0.25) is 0 Å². The maximum absolute atomic E-state index is 9.69. The minimum atomic E-state index is 0. The van der Waals surface area contributed by atoms with Crippen LogP contribution < -0.4 is 10.1 Å². The lowest BCUT2D eigenvalue weighted by Crippen LogP contribution is -2.12. The average Bonchev–Trinajstić information content (AvgIpc) is 2.43. The van der Waals surface area contributed by atoms with Crippen LogP contribution in [0.1, 0.15) is 11.1 Å². The molecule has 0 saturated heterocycles. The van der Waals surface area contributed by atoms with Crippen molar-refractivity contribution in [3.05, 3.63) is 58.6 Å². The second-order valence-electron chi connectivity index (χ2n) is 4.22. The van der Waals surface area contributed by atoms with Crippen LogP contribution in [0.15, 0.2) is 42.5 Å². The van der Waals surface area contributed by atoms with E-state index >= 15 is 0 Å². The van der Waals surface area contributed by atoms with Gasteiger partial charge in [-0.05, 0) is 35.9 Å². The van der Waals surface area contributed by atoms with Crippen LogP contribution in [0.4, 0.5) is 0 Å². The Morgan fingerprint density at radius 1 is 1.10 bits per heavy atom. The summed E-state index contributed by atoms with van der Waals surface area (Å²) in [5.74, 6) is 1.10. The van der Waals surface area contributed by atoms with Gasteiger partial charge in [-0.15, -0.1) is 12.4 Å². The van der Waals surface area contributed by atoms with Crippen molar-refractivity contribution >= 4 is 24.0 Å². The van der Waals surface area contributed by atoms with Gasteiger partial charge in [0.1, 0.15) is 11.5 Å². The molecule has 0 radical (unpaired) electrons. The molecular formula is C15H17Cl2NO2. The van der Waals surface area contributed by atoms with E-state index in [0.717, 1.165) is 23.4 Å². The van der Waals surface area contributed by atoms with Crippen molar-refractivity contribution in [2.24, 2.45) is 0 Å². The van der Waals surface area contributed by atoms with E-state index in [-0.39, 0.29) is 18.2 Å². The Morgan fingerprint density at radius 2 is 1.80 bits per heavy atom. The van der Waals surface area contributed by atoms with Crippen molar-refractivity contribution in [3.8, 4) is 11.5 Å². The monoisotopic (exact) mass is 313 g/mol. The standard InChI is InChI=1S/C15H16ClNO2.ClH/c1-19-14-5-2-11(3-6-14)9-17-10-12-8-13(16)4-7-15(12)18;/h2-8,17-18H,9-10H2,1H3;1H. The fourth-order valence-electron chi connectivity index (χ4n) is 1.78. The molecule has 0 saturated carbocycles. The predicted molar refractivity (Wildman–Crippen MR) is 83.9 cm³/mol. The van der Waals surface area contributed by atoms with E-state index in [1.807, 2.05) is 24.3 Å². The second kappa shape index (κ2) is 8.00. The average molecular weight is 314 g/mol. The summed E-state index contributed by atoms with van der Waals surface area (Å²) in [6.07, 6.45) is 0. The topological polar surface area (TPSA) is 41.5 Å². The highest BCUT2D eigenvalue weighted by atomic mass is 35.5. The molecule has 0 aliphatic rings. The van der Waals surface area contributed by atoms with Gasteiger partial charge >= 0.3 is 0 Å². The molecule has 108 valence electrons. The van der Waals surface area contributed by atoms with Crippen molar-refractivity contribution in [2.45, 2.75) is 13.1 Å². The van der Waals surface area contributed by atoms with Gasteiger partial charge in [-0.3, -0.25) is 0 Å². The van der Waals surface area contributed by atoms with E-state index in [2.05, 4.69) is 5.32 Å². The van der Waals surface area contributed by atoms with Gasteiger partial charge in [0, 0.05) is 23.7 Å². The number of phenolic OH excluding ortho intramolecular Hbond substituents is 1. The van der Waals surface area contributed by atoms with Crippen LogP contribution >= 0.6 is 24.0 Å². The Balaban J connectivity index is 0.00000200. The summed E-state index contributed by atoms with van der Waals surface area (Å²) in [5, 5.41) is 13.6. The van der Waals surface area contributed by atoms with Gasteiger partial charge in [0.15, 0.2) is 0 Å². The van der Waals surface area contributed by atoms with Crippen LogP contribution in [0.5, 0.6) is 11.5 Å². The Hall–Kier alpha value is -1.42. The Labute approximate surface area is 129 Å². The highest BCUT2D eigenvalue weighted by molar-refractivity contribution is 6.30. The van der Waals surface area contributed by atoms with Crippen LogP contribution in [-0.2, 0) is 13.1 Å². The van der Waals surface area contributed by atoms with Gasteiger partial charge in [-0.1, -0.05) is 23.7 Å². The lowest BCUT2D eigenvalue weighted by Gasteiger charge is -2.08. The van der Waals surface area contributed by atoms with Gasteiger partial charge in [-0.2, -0.15) is 0 Å². The maximum atomic E-state index is 9.69. The molecule has 0 amide bonds. The normalized spacial score (nSPS) is 9.90. The third kappa shape index (κ3) is 4.60. The summed E-state index contributed by atoms with van der Waals surface area (Å²) in [6.45, 7) is 1.29. The fourth-order valence-corrected chi connectivity index (χ4v) is 1.98. The molecular weight excluding hydrogens is 297 g/mol. The number of phenols is 1. The minimum absolute atomic E-state index is 0. The molecule has 0 fully saturated rings. The molecule has 5 heteroatoms. The minimum Gasteiger partial charge on any atom is -0.508 e. The molecule has 2 N–H and O–H groups in total. The van der Waals surface area contributed by atoms with Crippen LogP contribution in [0.2, 0.25) is 5.02 Å². The van der Waals surface area contributed by atoms with E-state index in [0.29, 0.717) is 11.6 Å². The lowest BCUT2D eigenvalue weighted by molar-refractivity contribution is 0.414. The van der Waals surface area contributed by atoms with Crippen LogP contribution in [0.25, 0.3) is 0 Å². The summed E-state index contributed by atoms with van der Waals surface area (Å²) in [4.78, 5) is 0. The second-order valence-corrected chi connectivity index (χ2v) is 4.66. The number of rotatable bonds is 5. The SMILES string of the molecule is COc1ccc(CNCc2cc(Cl)ccc2O)cc1.Cl. The van der Waals surface area contributed by atoms with Gasteiger partial charge in [-0.25, -0.2) is 0 Å². The molecule has 0 aromatic heterocycles. The molecule has 0 bridgehead atoms. The van der Waals surface area contributed by atoms with E-state index in [4.69, 9.17) is 16.3 Å². The van der Waals surface area contributed by atoms with Gasteiger partial charge in [0.05, 0.1) is 7.11 Å². The molecule has 0 unspecified atom stereocenters. The van der Waals surface area contributed by atoms with Crippen molar-refractivity contribution < 1.29 is 9.84 Å². The number of benzene rings is 2. The first-order chi connectivity index (χ1) is 9.19. The maximum Gasteiger partial charge on any atom is 0.120 e. The largest absolute Gasteiger partial charge is 0.508 e. The molecule has 0 aliphatic carbocycles. The van der Waals surface area contributed by atoms with E-state index in [1.54, 1.807) is 25.3 Å². The number of nitrogens with one attached hydrogen (secondary N) is 1. The molecule has 20 heavy (non-hydrogen) atoms. The first-order valence-electron chi connectivity index (χ1n) is 6.00. The number of methoxy groups -OCH3 is 1. The molecule has 2 aromatic carbocycles. The molecule has 0 atom stereocenters. The Bertz CT molecular complexity index is 544. The number of aromatic hydroxyl groups is 1. The summed E-state index contributed by atoms with van der Waals surface area (Å²) < 4.78 is 5.10. The van der Waals surface area contributed by atoms with E-state index in [9.17, 15) is 5.11 Å². The lowest BCUT2D eigenvalue weighted by atomic mass is 10.2. The van der Waals surface area contributed by atoms with Crippen molar-refractivity contribution in [1.82, 2.24) is 5.32 Å². The quantitative estimate of drug-likeness (QED) is 0.883. The summed E-state index contributed by atoms with van der Waals surface area (Å²) >= 11 is 5.89. The molecule has 3 nitrogen and oxygen atoms in total. The van der Waals surface area contributed by atoms with Crippen molar-refractivity contribution in [1.29, 1.82) is 0 Å². The molecule has 0 spiro atoms. The predicted octanol–water partition coefficient (Wildman–Crippen LogP) is 3.77. The van der Waals surface area contributed by atoms with Crippen molar-refractivity contribution in [2.75, 3.05) is 7.11 Å². The molecule has 2 rings (SSSR count). The molecule has 2 aromatic rings. The number of hydrogen-bond donors (Lipinski definition) is 2. The summed E-state index contributed by atoms with van der Waals surface area (Å²) in [7, 11) is 1.65. The smallest absolute Gasteiger partial charge is 0.120 e. The highest BCUT2D eigenvalue weighted by Gasteiger charge is 2.02. The fraction of sp³-hybridized carbons (Fsp3) is 0.200. The Kier molecular flexibility index (Phi) is 6.65. The number of hydrogen-bond acceptors (Lipinski definition) is 3. The summed E-state index contributed by atoms with van der Waals surface area (Å²) in [6, 6.07) is 12.9. The zero-order valence-corrected chi connectivity index (χ0v) is 12.7. The van der Waals surface area contributed by atoms with Gasteiger partial charge in [0.25, 0.3) is 0 Å². The van der Waals surface area contributed by atoms with Crippen molar-refractivity contribution in [3.63, 3.8) is 0 Å². The van der Waals surface area contributed by atoms with Crippen LogP contribution in [-0.4, -0.2) is 12.2 Å². The third-order valence-electron chi connectivity index (χ3n) is 2.85. The summed E-state index contributed by atoms with van der Waals surface area (Å²) in [5.41, 5.74) is 1.95. The first-order valence-corrected chi connectivity index (χ1v) is 6.38. The van der Waals surface area contributed by atoms with E-state index < -0.39 is 0 Å². The van der Waals surface area contributed by atoms with Crippen LogP contribution in [0.3, 0.4) is 0 Å². The number of ether oxygens (including phenoxy) is 1. The highest BCUT2D eigenvalue weighted by Crippen LogP contribution is 2.21. The van der Waals surface area contributed by atoms with Crippen LogP contribution in [0, 0.1) is 0 Å². The molecule has 0 aliphatic heterocycles. The molecule has 0 heterocycles. The third-order valence-corrected chi connectivity index (χ3v) is 3.08. The Morgan fingerprint density at radius 3 is 2.45 bits per heavy atom. The zero-order chi connectivity index (χ0) is 13.7. The zero-order valence-electron chi connectivity index (χ0n) is 11.1. The first kappa shape index (κ1) is 16.6. The van der Waals surface area contributed by atoms with Gasteiger partial charge < -0.3 is 15.2 Å².